The minimum Gasteiger partial charge on any atom is -0.354 e. The van der Waals surface area contributed by atoms with Crippen molar-refractivity contribution in [1.29, 1.82) is 0 Å². The Morgan fingerprint density at radius 1 is 1.19 bits per heavy atom. The minimum atomic E-state index is 0.152. The van der Waals surface area contributed by atoms with Crippen molar-refractivity contribution < 1.29 is 4.79 Å². The maximum Gasteiger partial charge on any atom is 0.230 e. The van der Waals surface area contributed by atoms with Crippen LogP contribution in [0.15, 0.2) is 47.8 Å². The molecule has 0 saturated heterocycles. The van der Waals surface area contributed by atoms with Crippen LogP contribution in [-0.2, 0) is 16.0 Å². The standard InChI is InChI=1S/C17H19NOS2/c19-16(12-20-11-14-5-2-1-3-6-14)18-13-17(8-9-17)15-7-4-10-21-15/h1-7,10H,8-9,11-13H2,(H,18,19). The Hall–Kier alpha value is -1.26. The van der Waals surface area contributed by atoms with Gasteiger partial charge in [-0.25, -0.2) is 0 Å². The molecule has 2 aromatic rings. The summed E-state index contributed by atoms with van der Waals surface area (Å²) in [6, 6.07) is 14.6. The Balaban J connectivity index is 1.39. The van der Waals surface area contributed by atoms with Gasteiger partial charge in [0.05, 0.1) is 5.75 Å². The summed E-state index contributed by atoms with van der Waals surface area (Å²) in [7, 11) is 0. The van der Waals surface area contributed by atoms with E-state index in [9.17, 15) is 4.79 Å². The molecular weight excluding hydrogens is 298 g/mol. The van der Waals surface area contributed by atoms with E-state index in [0.29, 0.717) is 5.75 Å². The van der Waals surface area contributed by atoms with Crippen LogP contribution in [0, 0.1) is 0 Å². The van der Waals surface area contributed by atoms with Crippen LogP contribution < -0.4 is 5.32 Å². The zero-order valence-corrected chi connectivity index (χ0v) is 13.5. The number of carbonyl (C=O) groups excluding carboxylic acids is 1. The van der Waals surface area contributed by atoms with Gasteiger partial charge in [0, 0.05) is 22.6 Å². The highest BCUT2D eigenvalue weighted by Gasteiger charge is 2.45. The van der Waals surface area contributed by atoms with Crippen LogP contribution >= 0.6 is 23.1 Å². The maximum atomic E-state index is 11.9. The number of thiophene rings is 1. The third-order valence-electron chi connectivity index (χ3n) is 3.87. The molecule has 1 N–H and O–H groups in total. The lowest BCUT2D eigenvalue weighted by atomic mass is 10.1. The SMILES string of the molecule is O=C(CSCc1ccccc1)NCC1(c2cccs2)CC1. The summed E-state index contributed by atoms with van der Waals surface area (Å²) in [5.74, 6) is 1.58. The molecular formula is C17H19NOS2. The van der Waals surface area contributed by atoms with Gasteiger partial charge in [0.25, 0.3) is 0 Å². The zero-order chi connectivity index (χ0) is 14.5. The Kier molecular flexibility index (Phi) is 4.66. The van der Waals surface area contributed by atoms with Gasteiger partial charge < -0.3 is 5.32 Å². The molecule has 1 aromatic carbocycles. The first-order chi connectivity index (χ1) is 10.3. The molecule has 1 aliphatic carbocycles. The van der Waals surface area contributed by atoms with E-state index in [-0.39, 0.29) is 11.3 Å². The molecule has 21 heavy (non-hydrogen) atoms. The van der Waals surface area contributed by atoms with Crippen molar-refractivity contribution in [2.24, 2.45) is 0 Å². The molecule has 2 nitrogen and oxygen atoms in total. The Bertz CT molecular complexity index is 576. The van der Waals surface area contributed by atoms with E-state index in [1.54, 1.807) is 23.1 Å². The molecule has 0 unspecified atom stereocenters. The summed E-state index contributed by atoms with van der Waals surface area (Å²) in [5, 5.41) is 5.22. The largest absolute Gasteiger partial charge is 0.354 e. The van der Waals surface area contributed by atoms with Gasteiger partial charge in [0.15, 0.2) is 0 Å². The number of carbonyl (C=O) groups is 1. The van der Waals surface area contributed by atoms with E-state index in [1.165, 1.54) is 23.3 Å². The highest BCUT2D eigenvalue weighted by Crippen LogP contribution is 2.49. The monoisotopic (exact) mass is 317 g/mol. The summed E-state index contributed by atoms with van der Waals surface area (Å²) < 4.78 is 0. The van der Waals surface area contributed by atoms with Crippen LogP contribution in [0.2, 0.25) is 0 Å². The van der Waals surface area contributed by atoms with E-state index < -0.39 is 0 Å². The van der Waals surface area contributed by atoms with Gasteiger partial charge >= 0.3 is 0 Å². The van der Waals surface area contributed by atoms with Crippen LogP contribution in [0.25, 0.3) is 0 Å². The molecule has 110 valence electrons. The summed E-state index contributed by atoms with van der Waals surface area (Å²) >= 11 is 3.48. The van der Waals surface area contributed by atoms with Crippen LogP contribution in [0.3, 0.4) is 0 Å². The smallest absolute Gasteiger partial charge is 0.230 e. The van der Waals surface area contributed by atoms with Gasteiger partial charge in [0.1, 0.15) is 0 Å². The van der Waals surface area contributed by atoms with E-state index in [2.05, 4.69) is 35.0 Å². The van der Waals surface area contributed by atoms with Crippen LogP contribution in [0.5, 0.6) is 0 Å². The molecule has 0 radical (unpaired) electrons. The number of rotatable bonds is 7. The molecule has 0 spiro atoms. The van der Waals surface area contributed by atoms with E-state index in [1.807, 2.05) is 18.2 Å². The van der Waals surface area contributed by atoms with Gasteiger partial charge in [-0.05, 0) is 29.9 Å². The van der Waals surface area contributed by atoms with E-state index in [4.69, 9.17) is 0 Å². The normalized spacial score (nSPS) is 15.6. The summed E-state index contributed by atoms with van der Waals surface area (Å²) in [5.41, 5.74) is 1.51. The maximum absolute atomic E-state index is 11.9. The van der Waals surface area contributed by atoms with E-state index >= 15 is 0 Å². The molecule has 0 atom stereocenters. The molecule has 0 bridgehead atoms. The number of amides is 1. The molecule has 1 aromatic heterocycles. The fourth-order valence-corrected chi connectivity index (χ4v) is 4.20. The van der Waals surface area contributed by atoms with Gasteiger partial charge in [0.2, 0.25) is 5.91 Å². The first-order valence-electron chi connectivity index (χ1n) is 7.21. The molecule has 1 fully saturated rings. The number of thioether (sulfide) groups is 1. The molecule has 3 rings (SSSR count). The second-order valence-corrected chi connectivity index (χ2v) is 7.45. The minimum absolute atomic E-state index is 0.152. The Labute approximate surface area is 134 Å². The summed E-state index contributed by atoms with van der Waals surface area (Å²) in [4.78, 5) is 13.4. The summed E-state index contributed by atoms with van der Waals surface area (Å²) in [6.45, 7) is 0.790. The fraction of sp³-hybridized carbons (Fsp3) is 0.353. The van der Waals surface area contributed by atoms with Crippen LogP contribution in [-0.4, -0.2) is 18.2 Å². The van der Waals surface area contributed by atoms with Gasteiger partial charge in [-0.2, -0.15) is 0 Å². The number of hydrogen-bond donors (Lipinski definition) is 1. The van der Waals surface area contributed by atoms with Crippen molar-refractivity contribution in [2.45, 2.75) is 24.0 Å². The lowest BCUT2D eigenvalue weighted by Crippen LogP contribution is -2.33. The third kappa shape index (κ3) is 3.89. The number of benzene rings is 1. The molecule has 1 heterocycles. The molecule has 0 aliphatic heterocycles. The molecule has 1 saturated carbocycles. The van der Waals surface area contributed by atoms with Crippen LogP contribution in [0.4, 0.5) is 0 Å². The van der Waals surface area contributed by atoms with Crippen molar-refractivity contribution >= 4 is 29.0 Å². The lowest BCUT2D eigenvalue weighted by Gasteiger charge is -2.14. The zero-order valence-electron chi connectivity index (χ0n) is 11.9. The first-order valence-corrected chi connectivity index (χ1v) is 9.24. The predicted octanol–water partition coefficient (Wildman–Crippen LogP) is 3.83. The first kappa shape index (κ1) is 14.7. The second-order valence-electron chi connectivity index (χ2n) is 5.51. The topological polar surface area (TPSA) is 29.1 Å². The van der Waals surface area contributed by atoms with Crippen molar-refractivity contribution in [1.82, 2.24) is 5.32 Å². The van der Waals surface area contributed by atoms with Gasteiger partial charge in [-0.3, -0.25) is 4.79 Å². The Morgan fingerprint density at radius 2 is 2.00 bits per heavy atom. The molecule has 1 aliphatic rings. The van der Waals surface area contributed by atoms with Crippen LogP contribution in [0.1, 0.15) is 23.3 Å². The Morgan fingerprint density at radius 3 is 2.67 bits per heavy atom. The average Bonchev–Trinajstić information content (AvgIpc) is 3.09. The van der Waals surface area contributed by atoms with Crippen molar-refractivity contribution in [2.75, 3.05) is 12.3 Å². The number of nitrogens with one attached hydrogen (secondary N) is 1. The lowest BCUT2D eigenvalue weighted by molar-refractivity contribution is -0.118. The van der Waals surface area contributed by atoms with Gasteiger partial charge in [-0.15, -0.1) is 23.1 Å². The second kappa shape index (κ2) is 6.67. The van der Waals surface area contributed by atoms with Crippen molar-refractivity contribution in [3.05, 3.63) is 58.3 Å². The third-order valence-corrected chi connectivity index (χ3v) is 5.99. The quantitative estimate of drug-likeness (QED) is 0.841. The highest BCUT2D eigenvalue weighted by atomic mass is 32.2. The van der Waals surface area contributed by atoms with Crippen molar-refractivity contribution in [3.63, 3.8) is 0 Å². The number of hydrogen-bond acceptors (Lipinski definition) is 3. The average molecular weight is 317 g/mol. The fourth-order valence-electron chi connectivity index (χ4n) is 2.40. The molecule has 1 amide bonds. The summed E-state index contributed by atoms with van der Waals surface area (Å²) in [6.07, 6.45) is 2.40. The highest BCUT2D eigenvalue weighted by molar-refractivity contribution is 7.99. The predicted molar refractivity (Wildman–Crippen MR) is 90.8 cm³/mol. The molecule has 4 heteroatoms. The van der Waals surface area contributed by atoms with E-state index in [0.717, 1.165) is 12.3 Å². The van der Waals surface area contributed by atoms with Gasteiger partial charge in [-0.1, -0.05) is 36.4 Å². The van der Waals surface area contributed by atoms with Crippen molar-refractivity contribution in [3.8, 4) is 0 Å².